The average Bonchev–Trinajstić information content (AvgIpc) is 2.36. The molecular weight excluding hydrogens is 260 g/mol. The van der Waals surface area contributed by atoms with Gasteiger partial charge in [-0.25, -0.2) is 26.3 Å². The van der Waals surface area contributed by atoms with E-state index in [9.17, 15) is 26.3 Å². The number of aromatic nitrogens is 1. The summed E-state index contributed by atoms with van der Waals surface area (Å²) in [5, 5.41) is 0. The van der Waals surface area contributed by atoms with Crippen molar-refractivity contribution in [2.24, 2.45) is 0 Å². The molecule has 0 aliphatic heterocycles. The first-order chi connectivity index (χ1) is 8.45. The molecule has 2 rings (SSSR count). The molecule has 0 bridgehead atoms. The molecule has 0 spiro atoms. The highest BCUT2D eigenvalue weighted by Crippen LogP contribution is 2.32. The van der Waals surface area contributed by atoms with Crippen LogP contribution in [0.1, 0.15) is 0 Å². The van der Waals surface area contributed by atoms with E-state index in [0.29, 0.717) is 6.20 Å². The van der Waals surface area contributed by atoms with Crippen molar-refractivity contribution in [3.63, 3.8) is 0 Å². The van der Waals surface area contributed by atoms with E-state index in [4.69, 9.17) is 0 Å². The summed E-state index contributed by atoms with van der Waals surface area (Å²) in [7, 11) is 0. The number of halogens is 6. The van der Waals surface area contributed by atoms with Gasteiger partial charge in [-0.3, -0.25) is 4.98 Å². The number of hydrogen-bond acceptors (Lipinski definition) is 1. The monoisotopic (exact) mass is 263 g/mol. The van der Waals surface area contributed by atoms with Crippen LogP contribution in [-0.2, 0) is 0 Å². The van der Waals surface area contributed by atoms with Crippen LogP contribution in [0.25, 0.3) is 11.1 Å². The fourth-order valence-corrected chi connectivity index (χ4v) is 1.40. The summed E-state index contributed by atoms with van der Waals surface area (Å²) in [5.74, 6) is -11.9. The minimum absolute atomic E-state index is 0.674. The summed E-state index contributed by atoms with van der Waals surface area (Å²) < 4.78 is 78.6. The second-order valence-corrected chi connectivity index (χ2v) is 3.30. The largest absolute Gasteiger partial charge is 0.264 e. The van der Waals surface area contributed by atoms with Crippen LogP contribution in [0.3, 0.4) is 0 Å². The van der Waals surface area contributed by atoms with Crippen molar-refractivity contribution in [2.45, 2.75) is 0 Å². The highest BCUT2D eigenvalue weighted by atomic mass is 19.2. The lowest BCUT2D eigenvalue weighted by atomic mass is 10.0. The van der Waals surface area contributed by atoms with Crippen molar-refractivity contribution in [2.75, 3.05) is 0 Å². The molecule has 0 saturated carbocycles. The van der Waals surface area contributed by atoms with Crippen molar-refractivity contribution < 1.29 is 26.3 Å². The lowest BCUT2D eigenvalue weighted by Gasteiger charge is -2.08. The summed E-state index contributed by atoms with van der Waals surface area (Å²) in [5.41, 5.74) is -2.14. The van der Waals surface area contributed by atoms with Crippen LogP contribution in [-0.4, -0.2) is 4.98 Å². The molecule has 94 valence electrons. The van der Waals surface area contributed by atoms with Gasteiger partial charge in [0.1, 0.15) is 5.82 Å². The second kappa shape index (κ2) is 4.32. The molecule has 1 heterocycles. The van der Waals surface area contributed by atoms with Crippen LogP contribution in [0.5, 0.6) is 0 Å². The maximum atomic E-state index is 13.4. The SMILES string of the molecule is Fc1ccncc1-c1c(F)c(F)c(F)c(F)c1F. The van der Waals surface area contributed by atoms with Gasteiger partial charge in [-0.05, 0) is 6.07 Å². The Bertz CT molecular complexity index is 596. The first-order valence-corrected chi connectivity index (χ1v) is 4.56. The van der Waals surface area contributed by atoms with Gasteiger partial charge in [0.05, 0.1) is 5.56 Å². The third kappa shape index (κ3) is 1.71. The maximum Gasteiger partial charge on any atom is 0.200 e. The molecular formula is C11H3F6N. The Morgan fingerprint density at radius 1 is 0.722 bits per heavy atom. The normalized spacial score (nSPS) is 10.8. The summed E-state index contributed by atoms with van der Waals surface area (Å²) >= 11 is 0. The van der Waals surface area contributed by atoms with E-state index in [1.165, 1.54) is 0 Å². The molecule has 0 amide bonds. The third-order valence-corrected chi connectivity index (χ3v) is 2.25. The summed E-state index contributed by atoms with van der Waals surface area (Å²) in [6, 6.07) is 0.743. The Morgan fingerprint density at radius 2 is 1.22 bits per heavy atom. The number of benzene rings is 1. The second-order valence-electron chi connectivity index (χ2n) is 3.30. The fraction of sp³-hybridized carbons (Fsp3) is 0. The lowest BCUT2D eigenvalue weighted by molar-refractivity contribution is 0.381. The van der Waals surface area contributed by atoms with Gasteiger partial charge in [-0.2, -0.15) is 0 Å². The molecule has 0 aliphatic rings. The molecule has 0 aliphatic carbocycles. The molecule has 7 heteroatoms. The number of nitrogens with zero attached hydrogens (tertiary/aromatic N) is 1. The van der Waals surface area contributed by atoms with Crippen molar-refractivity contribution >= 4 is 0 Å². The number of hydrogen-bond donors (Lipinski definition) is 0. The standard InChI is InChI=1S/C11H3F6N/c12-5-1-2-18-3-4(5)6-7(13)9(15)11(17)10(16)8(6)14/h1-3H. The van der Waals surface area contributed by atoms with Gasteiger partial charge in [-0.15, -0.1) is 0 Å². The van der Waals surface area contributed by atoms with E-state index in [1.807, 2.05) is 0 Å². The van der Waals surface area contributed by atoms with Gasteiger partial charge < -0.3 is 0 Å². The van der Waals surface area contributed by atoms with Crippen LogP contribution < -0.4 is 0 Å². The first-order valence-electron chi connectivity index (χ1n) is 4.56. The minimum Gasteiger partial charge on any atom is -0.264 e. The van der Waals surface area contributed by atoms with E-state index < -0.39 is 46.0 Å². The predicted octanol–water partition coefficient (Wildman–Crippen LogP) is 3.58. The van der Waals surface area contributed by atoms with Gasteiger partial charge in [-0.1, -0.05) is 0 Å². The van der Waals surface area contributed by atoms with E-state index in [1.54, 1.807) is 0 Å². The Labute approximate surface area is 96.7 Å². The van der Waals surface area contributed by atoms with Crippen molar-refractivity contribution in [3.05, 3.63) is 53.4 Å². The molecule has 0 saturated heterocycles. The molecule has 0 fully saturated rings. The molecule has 1 aromatic heterocycles. The molecule has 0 N–H and O–H groups in total. The zero-order chi connectivity index (χ0) is 13.4. The summed E-state index contributed by atoms with van der Waals surface area (Å²) in [4.78, 5) is 3.37. The van der Waals surface area contributed by atoms with Gasteiger partial charge >= 0.3 is 0 Å². The predicted molar refractivity (Wildman–Crippen MR) is 49.4 cm³/mol. The minimum atomic E-state index is -2.29. The van der Waals surface area contributed by atoms with Crippen LogP contribution >= 0.6 is 0 Å². The Hall–Kier alpha value is -2.05. The summed E-state index contributed by atoms with van der Waals surface area (Å²) in [6.45, 7) is 0. The zero-order valence-corrected chi connectivity index (χ0v) is 8.45. The molecule has 0 radical (unpaired) electrons. The Morgan fingerprint density at radius 3 is 1.72 bits per heavy atom. The highest BCUT2D eigenvalue weighted by molar-refractivity contribution is 5.65. The highest BCUT2D eigenvalue weighted by Gasteiger charge is 2.27. The van der Waals surface area contributed by atoms with Crippen LogP contribution in [0.2, 0.25) is 0 Å². The van der Waals surface area contributed by atoms with E-state index in [2.05, 4.69) is 4.98 Å². The first kappa shape index (κ1) is 12.4. The maximum absolute atomic E-state index is 13.4. The molecule has 0 unspecified atom stereocenters. The quantitative estimate of drug-likeness (QED) is 0.435. The Kier molecular flexibility index (Phi) is 2.98. The van der Waals surface area contributed by atoms with Crippen LogP contribution in [0.15, 0.2) is 18.5 Å². The van der Waals surface area contributed by atoms with Crippen LogP contribution in [0.4, 0.5) is 26.3 Å². The molecule has 1 nitrogen and oxygen atoms in total. The lowest BCUT2D eigenvalue weighted by Crippen LogP contribution is -2.05. The van der Waals surface area contributed by atoms with E-state index in [0.717, 1.165) is 12.3 Å². The smallest absolute Gasteiger partial charge is 0.200 e. The van der Waals surface area contributed by atoms with Gasteiger partial charge in [0.2, 0.25) is 5.82 Å². The number of pyridine rings is 1. The van der Waals surface area contributed by atoms with Crippen molar-refractivity contribution in [1.29, 1.82) is 0 Å². The van der Waals surface area contributed by atoms with Crippen molar-refractivity contribution in [3.8, 4) is 11.1 Å². The molecule has 2 aromatic rings. The topological polar surface area (TPSA) is 12.9 Å². The van der Waals surface area contributed by atoms with E-state index in [-0.39, 0.29) is 0 Å². The number of rotatable bonds is 1. The van der Waals surface area contributed by atoms with Crippen LogP contribution in [0, 0.1) is 34.9 Å². The average molecular weight is 263 g/mol. The zero-order valence-electron chi connectivity index (χ0n) is 8.45. The molecule has 18 heavy (non-hydrogen) atoms. The molecule has 1 aromatic carbocycles. The van der Waals surface area contributed by atoms with Gasteiger partial charge in [0, 0.05) is 18.0 Å². The summed E-state index contributed by atoms with van der Waals surface area (Å²) in [6.07, 6.45) is 1.65. The van der Waals surface area contributed by atoms with Gasteiger partial charge in [0.25, 0.3) is 0 Å². The molecule has 0 atom stereocenters. The van der Waals surface area contributed by atoms with E-state index >= 15 is 0 Å². The Balaban J connectivity index is 2.85. The van der Waals surface area contributed by atoms with Crippen molar-refractivity contribution in [1.82, 2.24) is 4.98 Å². The fourth-order valence-electron chi connectivity index (χ4n) is 1.40. The third-order valence-electron chi connectivity index (χ3n) is 2.25. The van der Waals surface area contributed by atoms with Gasteiger partial charge in [0.15, 0.2) is 23.3 Å².